The van der Waals surface area contributed by atoms with Gasteiger partial charge in [-0.2, -0.15) is 0 Å². The van der Waals surface area contributed by atoms with Crippen LogP contribution in [0.3, 0.4) is 0 Å². The summed E-state index contributed by atoms with van der Waals surface area (Å²) in [6.45, 7) is 0. The molecule has 0 fully saturated rings. The largest absolute Gasteiger partial charge is 0.456 e. The topological polar surface area (TPSA) is 51.5 Å². The van der Waals surface area contributed by atoms with Crippen molar-refractivity contribution in [1.82, 2.24) is 4.57 Å². The summed E-state index contributed by atoms with van der Waals surface area (Å²) in [4.78, 5) is 2.43. The van der Waals surface area contributed by atoms with Gasteiger partial charge >= 0.3 is 0 Å². The van der Waals surface area contributed by atoms with Gasteiger partial charge in [-0.15, -0.1) is 0 Å². The fourth-order valence-corrected chi connectivity index (χ4v) is 16.0. The lowest BCUT2D eigenvalue weighted by molar-refractivity contribution is 0.590. The number of nitrogens with zero attached hydrogens (tertiary/aromatic N) is 2. The Bertz CT molecular complexity index is 4680. The minimum atomic E-state index is -3.52. The molecule has 3 aromatic heterocycles. The Morgan fingerprint density at radius 3 is 1.85 bits per heavy atom. The maximum absolute atomic E-state index is 16.9. The zero-order valence-corrected chi connectivity index (χ0v) is 40.1. The second kappa shape index (κ2) is 14.9. The van der Waals surface area contributed by atoms with E-state index in [0.29, 0.717) is 0 Å². The first-order valence-electron chi connectivity index (χ1n) is 24.8. The molecule has 0 N–H and O–H groups in total. The molecule has 0 saturated carbocycles. The third-order valence-electron chi connectivity index (χ3n) is 15.8. The SMILES string of the molecule is O=P1(c2ccccc2)c2ccccc2C2(c3ccccc3N(c3ccccc3)c3cc(-n4c5ccccc5c5cc(-c6cccc7c6oc6ccccc67)ccc54)ccc32)c2cc3c(cc21)oc1ccccc13. The molecule has 0 saturated heterocycles. The summed E-state index contributed by atoms with van der Waals surface area (Å²) in [7, 11) is -3.52. The van der Waals surface area contributed by atoms with E-state index in [1.807, 2.05) is 60.7 Å². The van der Waals surface area contributed by atoms with Crippen molar-refractivity contribution in [2.75, 3.05) is 4.90 Å². The third kappa shape index (κ3) is 5.39. The van der Waals surface area contributed by atoms with Gasteiger partial charge in [0.25, 0.3) is 0 Å². The van der Waals surface area contributed by atoms with E-state index in [0.717, 1.165) is 132 Å². The molecule has 0 radical (unpaired) electrons. The van der Waals surface area contributed by atoms with Crippen LogP contribution in [0.15, 0.2) is 258 Å². The molecular weight excluding hydrogens is 912 g/mol. The van der Waals surface area contributed by atoms with Gasteiger partial charge < -0.3 is 22.9 Å². The van der Waals surface area contributed by atoms with Gasteiger partial charge in [0.15, 0.2) is 7.14 Å². The van der Waals surface area contributed by atoms with Gasteiger partial charge in [0.1, 0.15) is 22.3 Å². The maximum atomic E-state index is 16.9. The summed E-state index contributed by atoms with van der Waals surface area (Å²) in [5, 5.41) is 8.99. The molecule has 2 aliphatic rings. The van der Waals surface area contributed by atoms with Crippen molar-refractivity contribution in [3.63, 3.8) is 0 Å². The number of anilines is 3. The van der Waals surface area contributed by atoms with Crippen LogP contribution >= 0.6 is 7.14 Å². The zero-order chi connectivity index (χ0) is 48.0. The molecule has 1 spiro atoms. The molecule has 2 aliphatic heterocycles. The summed E-state index contributed by atoms with van der Waals surface area (Å²) in [5.41, 5.74) is 15.2. The highest BCUT2D eigenvalue weighted by molar-refractivity contribution is 7.85. The van der Waals surface area contributed by atoms with Gasteiger partial charge in [-0.05, 0) is 101 Å². The van der Waals surface area contributed by atoms with E-state index < -0.39 is 12.6 Å². The summed E-state index contributed by atoms with van der Waals surface area (Å²) < 4.78 is 32.6. The average molecular weight is 953 g/mol. The normalized spacial score (nSPS) is 16.9. The van der Waals surface area contributed by atoms with E-state index in [9.17, 15) is 0 Å². The molecule has 16 rings (SSSR count). The highest BCUT2D eigenvalue weighted by Crippen LogP contribution is 2.63. The highest BCUT2D eigenvalue weighted by atomic mass is 31.2. The van der Waals surface area contributed by atoms with Crippen molar-refractivity contribution in [1.29, 1.82) is 0 Å². The minimum absolute atomic E-state index is 0.722. The van der Waals surface area contributed by atoms with Crippen molar-refractivity contribution >= 4 is 106 Å². The lowest BCUT2D eigenvalue weighted by atomic mass is 9.62. The molecule has 0 bridgehead atoms. The number of rotatable bonds is 4. The molecule has 5 nitrogen and oxygen atoms in total. The molecule has 6 heteroatoms. The first-order chi connectivity index (χ1) is 36.1. The van der Waals surface area contributed by atoms with E-state index >= 15 is 4.57 Å². The number of hydrogen-bond acceptors (Lipinski definition) is 4. The van der Waals surface area contributed by atoms with Crippen molar-refractivity contribution in [2.24, 2.45) is 0 Å². The molecule has 0 amide bonds. The predicted octanol–water partition coefficient (Wildman–Crippen LogP) is 16.4. The minimum Gasteiger partial charge on any atom is -0.456 e. The quantitative estimate of drug-likeness (QED) is 0.165. The Morgan fingerprint density at radius 1 is 0.370 bits per heavy atom. The lowest BCUT2D eigenvalue weighted by Gasteiger charge is -2.50. The predicted molar refractivity (Wildman–Crippen MR) is 300 cm³/mol. The van der Waals surface area contributed by atoms with Crippen LogP contribution in [0.4, 0.5) is 17.1 Å². The second-order valence-corrected chi connectivity index (χ2v) is 22.1. The van der Waals surface area contributed by atoms with Gasteiger partial charge in [0.05, 0.1) is 27.8 Å². The maximum Gasteiger partial charge on any atom is 0.171 e. The average Bonchev–Trinajstić information content (AvgIpc) is 4.18. The van der Waals surface area contributed by atoms with Crippen LogP contribution < -0.4 is 20.8 Å². The van der Waals surface area contributed by atoms with Crippen LogP contribution in [0.2, 0.25) is 0 Å². The van der Waals surface area contributed by atoms with E-state index in [2.05, 4.69) is 198 Å². The number of furan rings is 2. The Hall–Kier alpha value is -9.15. The van der Waals surface area contributed by atoms with E-state index in [1.54, 1.807) is 0 Å². The molecule has 73 heavy (non-hydrogen) atoms. The number of aromatic nitrogens is 1. The fraction of sp³-hybridized carbons (Fsp3) is 0.0149. The van der Waals surface area contributed by atoms with Gasteiger partial charge in [-0.1, -0.05) is 176 Å². The van der Waals surface area contributed by atoms with E-state index in [4.69, 9.17) is 8.83 Å². The number of hydrogen-bond donors (Lipinski definition) is 0. The van der Waals surface area contributed by atoms with Crippen LogP contribution in [0.25, 0.3) is 82.5 Å². The van der Waals surface area contributed by atoms with Gasteiger partial charge in [0.2, 0.25) is 0 Å². The smallest absolute Gasteiger partial charge is 0.171 e. The molecule has 11 aromatic carbocycles. The molecular formula is C67H41N2O3P. The summed E-state index contributed by atoms with van der Waals surface area (Å²) in [6, 6.07) is 88.1. The first-order valence-corrected chi connectivity index (χ1v) is 26.6. The Labute approximate surface area is 419 Å². The Morgan fingerprint density at radius 2 is 1.01 bits per heavy atom. The monoisotopic (exact) mass is 952 g/mol. The van der Waals surface area contributed by atoms with E-state index in [1.165, 1.54) is 5.39 Å². The van der Waals surface area contributed by atoms with Gasteiger partial charge in [-0.3, -0.25) is 0 Å². The molecule has 0 aliphatic carbocycles. The number of benzene rings is 11. The Balaban J connectivity index is 1.00. The van der Waals surface area contributed by atoms with Crippen LogP contribution in [-0.4, -0.2) is 4.57 Å². The molecule has 5 heterocycles. The Kier molecular flexibility index (Phi) is 8.30. The molecule has 2 atom stereocenters. The summed E-state index contributed by atoms with van der Waals surface area (Å²) >= 11 is 0. The van der Waals surface area contributed by atoms with E-state index in [-0.39, 0.29) is 0 Å². The number of fused-ring (bicyclic) bond motifs is 17. The van der Waals surface area contributed by atoms with Crippen molar-refractivity contribution in [3.05, 3.63) is 271 Å². The third-order valence-corrected chi connectivity index (χ3v) is 19.0. The molecule has 342 valence electrons. The fourth-order valence-electron chi connectivity index (χ4n) is 12.8. The van der Waals surface area contributed by atoms with Gasteiger partial charge in [0, 0.05) is 65.2 Å². The van der Waals surface area contributed by atoms with Crippen molar-refractivity contribution in [2.45, 2.75) is 5.41 Å². The van der Waals surface area contributed by atoms with Crippen molar-refractivity contribution in [3.8, 4) is 16.8 Å². The first kappa shape index (κ1) is 40.6. The van der Waals surface area contributed by atoms with Gasteiger partial charge in [-0.25, -0.2) is 0 Å². The van der Waals surface area contributed by atoms with Crippen LogP contribution in [0.1, 0.15) is 22.3 Å². The molecule has 14 aromatic rings. The lowest BCUT2D eigenvalue weighted by Crippen LogP contribution is -2.49. The standard InChI is InChI=1S/C67H41N2O3P/c70-73(45-20-5-2-6-21-45)64-33-16-11-28-55(64)67(56-40-52-49-24-9-14-31-61(49)71-63(52)41-65(56)73)53-27-10-13-30-59(53)68(43-18-3-1-4-19-43)60-39-44(35-36-54(60)67)69-57-29-12-7-22-47(57)51-38-42(34-37-58(51)69)46-25-17-26-50-48-23-8-15-32-62(48)72-66(46)50/h1-41H. The molecule has 2 unspecified atom stereocenters. The zero-order valence-electron chi connectivity index (χ0n) is 39.2. The van der Waals surface area contributed by atoms with Crippen LogP contribution in [0.5, 0.6) is 0 Å². The highest BCUT2D eigenvalue weighted by Gasteiger charge is 2.55. The summed E-state index contributed by atoms with van der Waals surface area (Å²) in [6.07, 6.45) is 0. The van der Waals surface area contributed by atoms with Crippen LogP contribution in [-0.2, 0) is 9.98 Å². The number of para-hydroxylation sites is 6. The van der Waals surface area contributed by atoms with Crippen molar-refractivity contribution < 1.29 is 13.4 Å². The second-order valence-electron chi connectivity index (χ2n) is 19.4. The summed E-state index contributed by atoms with van der Waals surface area (Å²) in [5.74, 6) is 0. The van der Waals surface area contributed by atoms with Crippen LogP contribution in [0, 0.1) is 0 Å².